The molecule has 0 saturated heterocycles. The zero-order valence-electron chi connectivity index (χ0n) is 8.90. The number of fused-ring (bicyclic) bond motifs is 1. The zero-order valence-corrected chi connectivity index (χ0v) is 8.90. The molecule has 2 N–H and O–H groups in total. The molecule has 4 nitrogen and oxygen atoms in total. The maximum Gasteiger partial charge on any atom is 0.307 e. The van der Waals surface area contributed by atoms with E-state index in [4.69, 9.17) is 14.9 Å². The lowest BCUT2D eigenvalue weighted by Crippen LogP contribution is -2.13. The number of aliphatic hydroxyl groups excluding tert-OH is 1. The predicted octanol–water partition coefficient (Wildman–Crippen LogP) is 1.13. The van der Waals surface area contributed by atoms with Gasteiger partial charge in [-0.3, -0.25) is 4.79 Å². The minimum Gasteiger partial charge on any atom is -0.493 e. The number of rotatable bonds is 3. The van der Waals surface area contributed by atoms with E-state index in [2.05, 4.69) is 0 Å². The smallest absolute Gasteiger partial charge is 0.307 e. The van der Waals surface area contributed by atoms with E-state index in [1.807, 2.05) is 0 Å². The molecule has 0 aliphatic carbocycles. The molecule has 1 heterocycles. The number of carboxylic acid groups (broad SMARTS) is 1. The van der Waals surface area contributed by atoms with E-state index in [-0.39, 0.29) is 13.0 Å². The molecule has 0 aromatic heterocycles. The van der Waals surface area contributed by atoms with Gasteiger partial charge in [-0.05, 0) is 35.6 Å². The number of aliphatic carboxylic acids is 1. The molecule has 0 bridgehead atoms. The van der Waals surface area contributed by atoms with Gasteiger partial charge in [0.2, 0.25) is 0 Å². The van der Waals surface area contributed by atoms with Crippen molar-refractivity contribution in [2.45, 2.75) is 25.9 Å². The molecule has 0 atom stereocenters. The number of ether oxygens (including phenoxy) is 1. The summed E-state index contributed by atoms with van der Waals surface area (Å²) >= 11 is 0. The maximum absolute atomic E-state index is 10.8. The molecule has 0 radical (unpaired) electrons. The van der Waals surface area contributed by atoms with Gasteiger partial charge in [-0.2, -0.15) is 0 Å². The van der Waals surface area contributed by atoms with Gasteiger partial charge < -0.3 is 14.9 Å². The fraction of sp³-hybridized carbons (Fsp3) is 0.417. The summed E-state index contributed by atoms with van der Waals surface area (Å²) in [6.45, 7) is 0.567. The van der Waals surface area contributed by atoms with Crippen molar-refractivity contribution < 1.29 is 19.7 Å². The van der Waals surface area contributed by atoms with Crippen molar-refractivity contribution in [3.63, 3.8) is 0 Å². The third-order valence-corrected chi connectivity index (χ3v) is 2.71. The molecule has 0 fully saturated rings. The Morgan fingerprint density at radius 2 is 2.25 bits per heavy atom. The molecule has 0 saturated carbocycles. The van der Waals surface area contributed by atoms with Crippen molar-refractivity contribution in [3.05, 3.63) is 28.8 Å². The summed E-state index contributed by atoms with van der Waals surface area (Å²) in [5, 5.41) is 17.9. The van der Waals surface area contributed by atoms with Crippen molar-refractivity contribution in [2.75, 3.05) is 6.61 Å². The monoisotopic (exact) mass is 222 g/mol. The highest BCUT2D eigenvalue weighted by molar-refractivity contribution is 5.71. The number of benzene rings is 1. The summed E-state index contributed by atoms with van der Waals surface area (Å²) < 4.78 is 5.48. The standard InChI is InChI=1S/C12H14O4/c13-7-8-4-9(6-12(14)15)10-2-1-3-16-11(10)5-8/h4-5,13H,1-3,6-7H2,(H,14,15). The summed E-state index contributed by atoms with van der Waals surface area (Å²) in [6, 6.07) is 3.54. The summed E-state index contributed by atoms with van der Waals surface area (Å²) in [5.74, 6) is -0.128. The second kappa shape index (κ2) is 4.53. The van der Waals surface area contributed by atoms with Crippen LogP contribution < -0.4 is 4.74 Å². The predicted molar refractivity (Wildman–Crippen MR) is 57.5 cm³/mol. The molecule has 1 aliphatic rings. The van der Waals surface area contributed by atoms with E-state index in [0.717, 1.165) is 29.7 Å². The number of aliphatic hydroxyl groups is 1. The first-order chi connectivity index (χ1) is 7.70. The first kappa shape index (κ1) is 11.0. The van der Waals surface area contributed by atoms with Crippen molar-refractivity contribution in [1.82, 2.24) is 0 Å². The quantitative estimate of drug-likeness (QED) is 0.804. The van der Waals surface area contributed by atoms with E-state index < -0.39 is 5.97 Å². The second-order valence-corrected chi connectivity index (χ2v) is 3.91. The number of carbonyl (C=O) groups is 1. The molecule has 4 heteroatoms. The minimum absolute atomic E-state index is 0.0144. The third kappa shape index (κ3) is 2.17. The Balaban J connectivity index is 2.43. The van der Waals surface area contributed by atoms with E-state index in [0.29, 0.717) is 12.2 Å². The van der Waals surface area contributed by atoms with Crippen LogP contribution in [0.1, 0.15) is 23.1 Å². The molecule has 16 heavy (non-hydrogen) atoms. The highest BCUT2D eigenvalue weighted by atomic mass is 16.5. The lowest BCUT2D eigenvalue weighted by Gasteiger charge is -2.20. The van der Waals surface area contributed by atoms with Crippen LogP contribution in [0.5, 0.6) is 5.75 Å². The van der Waals surface area contributed by atoms with Gasteiger partial charge in [0.1, 0.15) is 5.75 Å². The molecular formula is C12H14O4. The Kier molecular flexibility index (Phi) is 3.10. The van der Waals surface area contributed by atoms with E-state index in [9.17, 15) is 4.79 Å². The second-order valence-electron chi connectivity index (χ2n) is 3.91. The molecular weight excluding hydrogens is 208 g/mol. The number of carboxylic acids is 1. The Hall–Kier alpha value is -1.55. The van der Waals surface area contributed by atoms with Crippen LogP contribution in [0.2, 0.25) is 0 Å². The van der Waals surface area contributed by atoms with Crippen LogP contribution in [0.3, 0.4) is 0 Å². The average Bonchev–Trinajstić information content (AvgIpc) is 2.28. The van der Waals surface area contributed by atoms with Crippen molar-refractivity contribution in [1.29, 1.82) is 0 Å². The Labute approximate surface area is 93.5 Å². The molecule has 2 rings (SSSR count). The lowest BCUT2D eigenvalue weighted by molar-refractivity contribution is -0.136. The molecule has 0 unspecified atom stereocenters. The van der Waals surface area contributed by atoms with Gasteiger partial charge in [0.25, 0.3) is 0 Å². The van der Waals surface area contributed by atoms with Crippen molar-refractivity contribution >= 4 is 5.97 Å². The van der Waals surface area contributed by atoms with E-state index >= 15 is 0 Å². The largest absolute Gasteiger partial charge is 0.493 e. The fourth-order valence-electron chi connectivity index (χ4n) is 2.02. The molecule has 1 aromatic rings. The van der Waals surface area contributed by atoms with Crippen molar-refractivity contribution in [2.24, 2.45) is 0 Å². The Morgan fingerprint density at radius 1 is 1.44 bits per heavy atom. The summed E-state index contributed by atoms with van der Waals surface area (Å²) in [4.78, 5) is 10.8. The van der Waals surface area contributed by atoms with Gasteiger partial charge in [-0.25, -0.2) is 0 Å². The van der Waals surface area contributed by atoms with Crippen LogP contribution in [-0.2, 0) is 24.2 Å². The number of hydrogen-bond acceptors (Lipinski definition) is 3. The van der Waals surface area contributed by atoms with Crippen LogP contribution in [0.25, 0.3) is 0 Å². The number of hydrogen-bond donors (Lipinski definition) is 2. The van der Waals surface area contributed by atoms with Gasteiger partial charge in [-0.15, -0.1) is 0 Å². The summed E-state index contributed by atoms with van der Waals surface area (Å²) in [5.41, 5.74) is 2.44. The maximum atomic E-state index is 10.8. The third-order valence-electron chi connectivity index (χ3n) is 2.71. The van der Waals surface area contributed by atoms with Gasteiger partial charge in [0, 0.05) is 0 Å². The van der Waals surface area contributed by atoms with Gasteiger partial charge in [-0.1, -0.05) is 6.07 Å². The molecule has 1 aromatic carbocycles. The normalized spacial score (nSPS) is 14.1. The average molecular weight is 222 g/mol. The topological polar surface area (TPSA) is 66.8 Å². The highest BCUT2D eigenvalue weighted by Crippen LogP contribution is 2.30. The van der Waals surface area contributed by atoms with E-state index in [1.54, 1.807) is 12.1 Å². The first-order valence-corrected chi connectivity index (χ1v) is 5.31. The lowest BCUT2D eigenvalue weighted by atomic mass is 9.95. The Morgan fingerprint density at radius 3 is 2.94 bits per heavy atom. The Bertz CT molecular complexity index is 412. The molecule has 0 spiro atoms. The minimum atomic E-state index is -0.858. The highest BCUT2D eigenvalue weighted by Gasteiger charge is 2.17. The van der Waals surface area contributed by atoms with Gasteiger partial charge >= 0.3 is 5.97 Å². The van der Waals surface area contributed by atoms with Crippen LogP contribution in [-0.4, -0.2) is 22.8 Å². The summed E-state index contributed by atoms with van der Waals surface area (Å²) in [7, 11) is 0. The van der Waals surface area contributed by atoms with Crippen LogP contribution in [0.15, 0.2) is 12.1 Å². The van der Waals surface area contributed by atoms with Crippen LogP contribution >= 0.6 is 0 Å². The van der Waals surface area contributed by atoms with Crippen molar-refractivity contribution in [3.8, 4) is 5.75 Å². The molecule has 86 valence electrons. The van der Waals surface area contributed by atoms with Crippen LogP contribution in [0, 0.1) is 0 Å². The molecule has 1 aliphatic heterocycles. The SMILES string of the molecule is O=C(O)Cc1cc(CO)cc2c1CCCO2. The van der Waals surface area contributed by atoms with Gasteiger partial charge in [0.15, 0.2) is 0 Å². The zero-order chi connectivity index (χ0) is 11.5. The van der Waals surface area contributed by atoms with Gasteiger partial charge in [0.05, 0.1) is 19.6 Å². The fourth-order valence-corrected chi connectivity index (χ4v) is 2.02. The first-order valence-electron chi connectivity index (χ1n) is 5.31. The van der Waals surface area contributed by atoms with Crippen LogP contribution in [0.4, 0.5) is 0 Å². The van der Waals surface area contributed by atoms with E-state index in [1.165, 1.54) is 0 Å². The summed E-state index contributed by atoms with van der Waals surface area (Å²) in [6.07, 6.45) is 1.75. The molecule has 0 amide bonds.